The second kappa shape index (κ2) is 13.1. The van der Waals surface area contributed by atoms with Crippen LogP contribution < -0.4 is 10.2 Å². The van der Waals surface area contributed by atoms with Gasteiger partial charge in [0.2, 0.25) is 0 Å². The molecule has 2 aromatic carbocycles. The van der Waals surface area contributed by atoms with Gasteiger partial charge in [0.05, 0.1) is 23.6 Å². The Bertz CT molecular complexity index is 1600. The van der Waals surface area contributed by atoms with Crippen molar-refractivity contribution in [1.29, 1.82) is 0 Å². The highest BCUT2D eigenvalue weighted by atomic mass is 32.1. The van der Waals surface area contributed by atoms with Crippen LogP contribution in [0.1, 0.15) is 33.3 Å². The van der Waals surface area contributed by atoms with Gasteiger partial charge in [-0.05, 0) is 63.3 Å². The molecule has 220 valence electrons. The van der Waals surface area contributed by atoms with Crippen LogP contribution in [-0.2, 0) is 17.8 Å². The maximum absolute atomic E-state index is 14.8. The standard InChI is InChI=1S/C28H27F2N5O5S2/c1-5-40-28(37)34(15-19-21(29)7-6-8-22(19)30)26-23(25(36)32-27-31-13-16(2)41-27)20(14-33(3)4)24(42-26)17-9-11-18(12-10-17)35(38)39/h6-13H,5,14-15H2,1-4H3,(H,31,32,36). The molecule has 0 aliphatic rings. The molecule has 42 heavy (non-hydrogen) atoms. The predicted molar refractivity (Wildman–Crippen MR) is 158 cm³/mol. The van der Waals surface area contributed by atoms with Gasteiger partial charge in [0, 0.05) is 40.2 Å². The van der Waals surface area contributed by atoms with E-state index in [1.807, 2.05) is 11.8 Å². The Labute approximate surface area is 248 Å². The molecule has 0 atom stereocenters. The van der Waals surface area contributed by atoms with E-state index in [1.165, 1.54) is 29.5 Å². The van der Waals surface area contributed by atoms with Crippen molar-refractivity contribution in [3.05, 3.63) is 92.0 Å². The molecule has 0 bridgehead atoms. The number of carbonyl (C=O) groups excluding carboxylic acids is 2. The first-order valence-corrected chi connectivity index (χ1v) is 14.3. The summed E-state index contributed by atoms with van der Waals surface area (Å²) in [7, 11) is 3.58. The van der Waals surface area contributed by atoms with E-state index in [0.29, 0.717) is 21.1 Å². The molecule has 4 aromatic rings. The van der Waals surface area contributed by atoms with Crippen molar-refractivity contribution in [1.82, 2.24) is 9.88 Å². The molecule has 2 aromatic heterocycles. The number of nitrogens with zero attached hydrogens (tertiary/aromatic N) is 4. The van der Waals surface area contributed by atoms with Crippen LogP contribution in [0.2, 0.25) is 0 Å². The molecule has 1 N–H and O–H groups in total. The van der Waals surface area contributed by atoms with Gasteiger partial charge in [-0.1, -0.05) is 6.07 Å². The largest absolute Gasteiger partial charge is 0.449 e. The molecule has 14 heteroatoms. The highest BCUT2D eigenvalue weighted by Gasteiger charge is 2.33. The molecule has 10 nitrogen and oxygen atoms in total. The summed E-state index contributed by atoms with van der Waals surface area (Å²) in [4.78, 5) is 46.5. The first kappa shape index (κ1) is 30.7. The number of nitrogens with one attached hydrogen (secondary N) is 1. The number of thiophene rings is 1. The number of non-ortho nitro benzene ring substituents is 1. The van der Waals surface area contributed by atoms with Crippen LogP contribution in [0.15, 0.2) is 48.7 Å². The lowest BCUT2D eigenvalue weighted by atomic mass is 10.0. The van der Waals surface area contributed by atoms with Gasteiger partial charge in [0.15, 0.2) is 5.13 Å². The minimum Gasteiger partial charge on any atom is -0.449 e. The summed E-state index contributed by atoms with van der Waals surface area (Å²) in [6.07, 6.45) is 0.691. The number of rotatable bonds is 10. The maximum atomic E-state index is 14.8. The monoisotopic (exact) mass is 615 g/mol. The lowest BCUT2D eigenvalue weighted by Gasteiger charge is -2.23. The molecule has 0 spiro atoms. The fourth-order valence-corrected chi connectivity index (χ4v) is 6.11. The van der Waals surface area contributed by atoms with Crippen molar-refractivity contribution in [3.63, 3.8) is 0 Å². The number of nitro groups is 1. The first-order valence-electron chi connectivity index (χ1n) is 12.7. The number of hydrogen-bond donors (Lipinski definition) is 1. The summed E-state index contributed by atoms with van der Waals surface area (Å²) in [5.74, 6) is -2.33. The zero-order valence-corrected chi connectivity index (χ0v) is 24.8. The molecular formula is C28H27F2N5O5S2. The Morgan fingerprint density at radius 2 is 1.71 bits per heavy atom. The number of halogens is 2. The quantitative estimate of drug-likeness (QED) is 0.153. The van der Waals surface area contributed by atoms with Gasteiger partial charge in [0.25, 0.3) is 11.6 Å². The Morgan fingerprint density at radius 1 is 1.05 bits per heavy atom. The minimum atomic E-state index is -0.910. The second-order valence-corrected chi connectivity index (χ2v) is 11.6. The van der Waals surface area contributed by atoms with E-state index in [4.69, 9.17) is 4.74 Å². The predicted octanol–water partition coefficient (Wildman–Crippen LogP) is 6.84. The number of benzene rings is 2. The van der Waals surface area contributed by atoms with Gasteiger partial charge in [-0.15, -0.1) is 22.7 Å². The van der Waals surface area contributed by atoms with E-state index in [0.717, 1.165) is 33.2 Å². The van der Waals surface area contributed by atoms with Crippen LogP contribution in [0, 0.1) is 28.7 Å². The number of aryl methyl sites for hydroxylation is 1. The Balaban J connectivity index is 1.96. The van der Waals surface area contributed by atoms with E-state index in [1.54, 1.807) is 39.3 Å². The van der Waals surface area contributed by atoms with Gasteiger partial charge in [-0.25, -0.2) is 18.6 Å². The number of nitro benzene ring substituents is 1. The number of ether oxygens (including phenoxy) is 1. The number of aromatic nitrogens is 1. The van der Waals surface area contributed by atoms with Crippen LogP contribution in [0.4, 0.5) is 29.4 Å². The topological polar surface area (TPSA) is 118 Å². The summed E-state index contributed by atoms with van der Waals surface area (Å²) in [6, 6.07) is 9.13. The number of thiazole rings is 1. The van der Waals surface area contributed by atoms with E-state index in [-0.39, 0.29) is 35.0 Å². The number of carbonyl (C=O) groups is 2. The summed E-state index contributed by atoms with van der Waals surface area (Å²) < 4.78 is 34.8. The van der Waals surface area contributed by atoms with Gasteiger partial charge in [-0.2, -0.15) is 0 Å². The van der Waals surface area contributed by atoms with Crippen molar-refractivity contribution in [3.8, 4) is 10.4 Å². The third-order valence-electron chi connectivity index (χ3n) is 5.98. The zero-order valence-electron chi connectivity index (χ0n) is 23.1. The highest BCUT2D eigenvalue weighted by molar-refractivity contribution is 7.20. The molecule has 0 aliphatic carbocycles. The van der Waals surface area contributed by atoms with E-state index >= 15 is 0 Å². The smallest absolute Gasteiger partial charge is 0.415 e. The summed E-state index contributed by atoms with van der Waals surface area (Å²) in [5, 5.41) is 14.5. The van der Waals surface area contributed by atoms with E-state index in [9.17, 15) is 28.5 Å². The normalized spacial score (nSPS) is 11.0. The van der Waals surface area contributed by atoms with Crippen LogP contribution in [0.3, 0.4) is 0 Å². The summed E-state index contributed by atoms with van der Waals surface area (Å²) in [5.41, 5.74) is 0.633. The molecule has 0 radical (unpaired) electrons. The van der Waals surface area contributed by atoms with Gasteiger partial charge < -0.3 is 9.64 Å². The van der Waals surface area contributed by atoms with Crippen LogP contribution in [0.5, 0.6) is 0 Å². The van der Waals surface area contributed by atoms with Gasteiger partial charge >= 0.3 is 6.09 Å². The molecule has 0 unspecified atom stereocenters. The molecule has 0 saturated carbocycles. The van der Waals surface area contributed by atoms with Crippen LogP contribution in [-0.4, -0.2) is 47.5 Å². The molecule has 0 fully saturated rings. The van der Waals surface area contributed by atoms with Gasteiger partial charge in [0.1, 0.15) is 16.6 Å². The number of hydrogen-bond acceptors (Lipinski definition) is 9. The van der Waals surface area contributed by atoms with Gasteiger partial charge in [-0.3, -0.25) is 25.1 Å². The Hall–Kier alpha value is -4.27. The second-order valence-electron chi connectivity index (χ2n) is 9.35. The lowest BCUT2D eigenvalue weighted by Crippen LogP contribution is -2.33. The number of amides is 2. The van der Waals surface area contributed by atoms with Crippen molar-refractivity contribution >= 4 is 50.5 Å². The van der Waals surface area contributed by atoms with E-state index in [2.05, 4.69) is 10.3 Å². The zero-order chi connectivity index (χ0) is 30.6. The Morgan fingerprint density at radius 3 is 2.26 bits per heavy atom. The fourth-order valence-electron chi connectivity index (χ4n) is 4.15. The average Bonchev–Trinajstić information content (AvgIpc) is 3.51. The summed E-state index contributed by atoms with van der Waals surface area (Å²) >= 11 is 2.29. The molecule has 2 heterocycles. The average molecular weight is 616 g/mol. The van der Waals surface area contributed by atoms with E-state index < -0.39 is 35.1 Å². The van der Waals surface area contributed by atoms with Crippen LogP contribution >= 0.6 is 22.7 Å². The van der Waals surface area contributed by atoms with Crippen molar-refractivity contribution in [2.24, 2.45) is 0 Å². The molecule has 4 rings (SSSR count). The molecule has 0 aliphatic heterocycles. The number of anilines is 2. The SMILES string of the molecule is CCOC(=O)N(Cc1c(F)cccc1F)c1sc(-c2ccc([N+](=O)[O-])cc2)c(CN(C)C)c1C(=O)Nc1ncc(C)s1. The van der Waals surface area contributed by atoms with Crippen molar-refractivity contribution < 1.29 is 28.0 Å². The van der Waals surface area contributed by atoms with Crippen molar-refractivity contribution in [2.45, 2.75) is 26.9 Å². The first-order chi connectivity index (χ1) is 20.0. The lowest BCUT2D eigenvalue weighted by molar-refractivity contribution is -0.384. The molecule has 0 saturated heterocycles. The molecule has 2 amide bonds. The fraction of sp³-hybridized carbons (Fsp3) is 0.250. The minimum absolute atomic E-state index is 0.0276. The third-order valence-corrected chi connectivity index (χ3v) is 8.12. The van der Waals surface area contributed by atoms with Crippen LogP contribution in [0.25, 0.3) is 10.4 Å². The molecular weight excluding hydrogens is 588 g/mol. The maximum Gasteiger partial charge on any atom is 0.415 e. The Kier molecular flexibility index (Phi) is 9.60. The summed E-state index contributed by atoms with van der Waals surface area (Å²) in [6.45, 7) is 3.06. The third kappa shape index (κ3) is 6.78. The van der Waals surface area contributed by atoms with Crippen molar-refractivity contribution in [2.75, 3.05) is 30.9 Å². The highest BCUT2D eigenvalue weighted by Crippen LogP contribution is 2.44.